The Balaban J connectivity index is 2.02. The number of ether oxygens (including phenoxy) is 1. The topological polar surface area (TPSA) is 55.2 Å². The fraction of sp³-hybridized carbons (Fsp3) is 0.692. The van der Waals surface area contributed by atoms with Crippen LogP contribution in [0.2, 0.25) is 0 Å². The molecule has 1 aromatic rings. The van der Waals surface area contributed by atoms with E-state index in [1.54, 1.807) is 12.4 Å². The average Bonchev–Trinajstić information content (AvgIpc) is 2.39. The van der Waals surface area contributed by atoms with E-state index in [-0.39, 0.29) is 12.7 Å². The number of hydrogen-bond acceptors (Lipinski definition) is 4. The molecule has 0 bridgehead atoms. The third-order valence-electron chi connectivity index (χ3n) is 3.46. The Morgan fingerprint density at radius 2 is 2.18 bits per heavy atom. The Labute approximate surface area is 102 Å². The molecule has 0 radical (unpaired) electrons. The van der Waals surface area contributed by atoms with Crippen LogP contribution in [-0.2, 0) is 6.61 Å². The number of nitrogens with zero attached hydrogens (tertiary/aromatic N) is 2. The Hall–Kier alpha value is -1.16. The summed E-state index contributed by atoms with van der Waals surface area (Å²) in [4.78, 5) is 8.24. The second-order valence-electron chi connectivity index (χ2n) is 4.62. The summed E-state index contributed by atoms with van der Waals surface area (Å²) in [6.45, 7) is 2.12. The highest BCUT2D eigenvalue weighted by molar-refractivity contribution is 5.08. The molecule has 1 aliphatic carbocycles. The van der Waals surface area contributed by atoms with Crippen molar-refractivity contribution < 1.29 is 9.84 Å². The third kappa shape index (κ3) is 3.16. The van der Waals surface area contributed by atoms with E-state index >= 15 is 0 Å². The molecule has 4 nitrogen and oxygen atoms in total. The molecule has 0 aromatic carbocycles. The van der Waals surface area contributed by atoms with Crippen molar-refractivity contribution in [3.05, 3.63) is 18.1 Å². The van der Waals surface area contributed by atoms with Crippen LogP contribution in [0, 0.1) is 5.92 Å². The summed E-state index contributed by atoms with van der Waals surface area (Å²) in [6.07, 6.45) is 9.48. The van der Waals surface area contributed by atoms with E-state index in [0.717, 1.165) is 12.8 Å². The lowest BCUT2D eigenvalue weighted by molar-refractivity contribution is 0.0848. The van der Waals surface area contributed by atoms with Crippen LogP contribution in [0.15, 0.2) is 12.4 Å². The first-order chi connectivity index (χ1) is 8.33. The van der Waals surface area contributed by atoms with Crippen LogP contribution < -0.4 is 4.74 Å². The molecule has 17 heavy (non-hydrogen) atoms. The van der Waals surface area contributed by atoms with Gasteiger partial charge in [-0.3, -0.25) is 4.98 Å². The number of hydrogen-bond donors (Lipinski definition) is 1. The maximum Gasteiger partial charge on any atom is 0.232 e. The number of aromatic nitrogens is 2. The molecule has 1 aliphatic rings. The summed E-state index contributed by atoms with van der Waals surface area (Å²) in [5, 5.41) is 9.01. The van der Waals surface area contributed by atoms with E-state index in [2.05, 4.69) is 16.9 Å². The van der Waals surface area contributed by atoms with E-state index in [4.69, 9.17) is 9.84 Å². The van der Waals surface area contributed by atoms with Crippen LogP contribution >= 0.6 is 0 Å². The van der Waals surface area contributed by atoms with E-state index < -0.39 is 0 Å². The van der Waals surface area contributed by atoms with Gasteiger partial charge in [0.05, 0.1) is 24.7 Å². The minimum absolute atomic E-state index is 0.0912. The predicted molar refractivity (Wildman–Crippen MR) is 64.6 cm³/mol. The number of aliphatic hydroxyl groups excluding tert-OH is 1. The molecule has 2 atom stereocenters. The third-order valence-corrected chi connectivity index (χ3v) is 3.46. The fourth-order valence-corrected chi connectivity index (χ4v) is 2.47. The van der Waals surface area contributed by atoms with Crippen molar-refractivity contribution in [1.82, 2.24) is 9.97 Å². The number of aliphatic hydroxyl groups is 1. The van der Waals surface area contributed by atoms with Crippen LogP contribution in [-0.4, -0.2) is 21.2 Å². The zero-order chi connectivity index (χ0) is 12.1. The van der Waals surface area contributed by atoms with Crippen molar-refractivity contribution in [3.8, 4) is 5.88 Å². The highest BCUT2D eigenvalue weighted by Gasteiger charge is 2.25. The minimum atomic E-state index is -0.0912. The molecule has 0 aliphatic heterocycles. The summed E-state index contributed by atoms with van der Waals surface area (Å²) in [5.41, 5.74) is 0.561. The smallest absolute Gasteiger partial charge is 0.232 e. The maximum atomic E-state index is 9.01. The van der Waals surface area contributed by atoms with E-state index in [1.807, 2.05) is 0 Å². The lowest BCUT2D eigenvalue weighted by Crippen LogP contribution is -2.30. The van der Waals surface area contributed by atoms with Gasteiger partial charge in [-0.2, -0.15) is 0 Å². The van der Waals surface area contributed by atoms with Gasteiger partial charge in [0.15, 0.2) is 0 Å². The standard InChI is InChI=1S/C13H20N2O2/c1-2-10-5-3-4-6-12(10)17-13-8-14-7-11(9-16)15-13/h7-8,10,12,16H,2-6,9H2,1H3. The maximum absolute atomic E-state index is 9.01. The summed E-state index contributed by atoms with van der Waals surface area (Å²) in [6, 6.07) is 0. The molecule has 2 rings (SSSR count). The first kappa shape index (κ1) is 12.3. The van der Waals surface area contributed by atoms with Crippen LogP contribution in [0.3, 0.4) is 0 Å². The molecule has 0 spiro atoms. The zero-order valence-corrected chi connectivity index (χ0v) is 10.3. The van der Waals surface area contributed by atoms with Crippen molar-refractivity contribution in [2.75, 3.05) is 0 Å². The molecular weight excluding hydrogens is 216 g/mol. The van der Waals surface area contributed by atoms with E-state index in [9.17, 15) is 0 Å². The van der Waals surface area contributed by atoms with Gasteiger partial charge in [0.25, 0.3) is 0 Å². The lowest BCUT2D eigenvalue weighted by Gasteiger charge is -2.30. The van der Waals surface area contributed by atoms with Gasteiger partial charge in [-0.25, -0.2) is 4.98 Å². The van der Waals surface area contributed by atoms with Gasteiger partial charge >= 0.3 is 0 Å². The summed E-state index contributed by atoms with van der Waals surface area (Å²) in [7, 11) is 0. The zero-order valence-electron chi connectivity index (χ0n) is 10.3. The monoisotopic (exact) mass is 236 g/mol. The molecule has 0 amide bonds. The number of rotatable bonds is 4. The molecule has 1 saturated carbocycles. The molecule has 1 heterocycles. The first-order valence-corrected chi connectivity index (χ1v) is 6.42. The van der Waals surface area contributed by atoms with Crippen LogP contribution in [0.4, 0.5) is 0 Å². The first-order valence-electron chi connectivity index (χ1n) is 6.42. The molecule has 1 fully saturated rings. The van der Waals surface area contributed by atoms with Gasteiger partial charge in [-0.1, -0.05) is 13.3 Å². The second-order valence-corrected chi connectivity index (χ2v) is 4.62. The van der Waals surface area contributed by atoms with Gasteiger partial charge in [0.1, 0.15) is 6.10 Å². The summed E-state index contributed by atoms with van der Waals surface area (Å²) in [5.74, 6) is 1.17. The Bertz CT molecular complexity index is 357. The van der Waals surface area contributed by atoms with Gasteiger partial charge in [-0.15, -0.1) is 0 Å². The molecular formula is C13H20N2O2. The Morgan fingerprint density at radius 3 is 2.94 bits per heavy atom. The molecule has 2 unspecified atom stereocenters. The van der Waals surface area contributed by atoms with Gasteiger partial charge in [0, 0.05) is 0 Å². The van der Waals surface area contributed by atoms with Crippen molar-refractivity contribution >= 4 is 0 Å². The SMILES string of the molecule is CCC1CCCCC1Oc1cncc(CO)n1. The molecule has 94 valence electrons. The van der Waals surface area contributed by atoms with Gasteiger partial charge < -0.3 is 9.84 Å². The molecule has 4 heteroatoms. The predicted octanol–water partition coefficient (Wildman–Crippen LogP) is 2.32. The molecule has 0 saturated heterocycles. The quantitative estimate of drug-likeness (QED) is 0.871. The van der Waals surface area contributed by atoms with Gasteiger partial charge in [-0.05, 0) is 31.6 Å². The average molecular weight is 236 g/mol. The summed E-state index contributed by atoms with van der Waals surface area (Å²) >= 11 is 0. The van der Waals surface area contributed by atoms with Crippen LogP contribution in [0.5, 0.6) is 5.88 Å². The normalized spacial score (nSPS) is 24.6. The second kappa shape index (κ2) is 5.96. The minimum Gasteiger partial charge on any atom is -0.473 e. The summed E-state index contributed by atoms with van der Waals surface area (Å²) < 4.78 is 5.92. The van der Waals surface area contributed by atoms with Crippen molar-refractivity contribution in [3.63, 3.8) is 0 Å². The van der Waals surface area contributed by atoms with Crippen molar-refractivity contribution in [2.45, 2.75) is 51.7 Å². The fourth-order valence-electron chi connectivity index (χ4n) is 2.47. The van der Waals surface area contributed by atoms with Crippen LogP contribution in [0.1, 0.15) is 44.7 Å². The van der Waals surface area contributed by atoms with Crippen LogP contribution in [0.25, 0.3) is 0 Å². The molecule has 1 aromatic heterocycles. The van der Waals surface area contributed by atoms with Crippen molar-refractivity contribution in [2.24, 2.45) is 5.92 Å². The van der Waals surface area contributed by atoms with E-state index in [1.165, 1.54) is 19.3 Å². The van der Waals surface area contributed by atoms with Crippen molar-refractivity contribution in [1.29, 1.82) is 0 Å². The highest BCUT2D eigenvalue weighted by atomic mass is 16.5. The Kier molecular flexibility index (Phi) is 4.31. The van der Waals surface area contributed by atoms with Gasteiger partial charge in [0.2, 0.25) is 5.88 Å². The Morgan fingerprint density at radius 1 is 1.35 bits per heavy atom. The molecule has 1 N–H and O–H groups in total. The van der Waals surface area contributed by atoms with E-state index in [0.29, 0.717) is 17.5 Å². The largest absolute Gasteiger partial charge is 0.473 e. The highest BCUT2D eigenvalue weighted by Crippen LogP contribution is 2.29. The lowest BCUT2D eigenvalue weighted by atomic mass is 9.85.